The molecule has 0 saturated carbocycles. The Morgan fingerprint density at radius 1 is 1.47 bits per heavy atom. The highest BCUT2D eigenvalue weighted by molar-refractivity contribution is 5.19. The molecule has 0 spiro atoms. The molecule has 0 saturated heterocycles. The van der Waals surface area contributed by atoms with Crippen LogP contribution < -0.4 is 0 Å². The number of aliphatic hydroxyl groups excluding tert-OH is 1. The van der Waals surface area contributed by atoms with Gasteiger partial charge in [0.05, 0.1) is 12.5 Å². The fourth-order valence-corrected chi connectivity index (χ4v) is 1.53. The van der Waals surface area contributed by atoms with Gasteiger partial charge in [0, 0.05) is 6.42 Å². The van der Waals surface area contributed by atoms with Crippen molar-refractivity contribution >= 4 is 0 Å². The van der Waals surface area contributed by atoms with E-state index >= 15 is 0 Å². The summed E-state index contributed by atoms with van der Waals surface area (Å²) in [6.07, 6.45) is 0.242. The van der Waals surface area contributed by atoms with Crippen LogP contribution in [0.15, 0.2) is 28.8 Å². The lowest BCUT2D eigenvalue weighted by molar-refractivity contribution is 0.191. The van der Waals surface area contributed by atoms with E-state index in [2.05, 4.69) is 10.1 Å². The SMILES string of the molecule is CC(O)Cc1noc(Cc2cccc(F)c2)n1. The molecule has 1 aromatic heterocycles. The molecule has 2 aromatic rings. The molecule has 90 valence electrons. The number of aromatic nitrogens is 2. The predicted molar refractivity (Wildman–Crippen MR) is 58.9 cm³/mol. The smallest absolute Gasteiger partial charge is 0.231 e. The standard InChI is InChI=1S/C12H13FN2O2/c1-8(16)5-11-14-12(17-15-11)7-9-3-2-4-10(13)6-9/h2-4,6,8,16H,5,7H2,1H3. The van der Waals surface area contributed by atoms with Gasteiger partial charge in [-0.3, -0.25) is 0 Å². The summed E-state index contributed by atoms with van der Waals surface area (Å²) in [6, 6.07) is 6.24. The number of hydrogen-bond acceptors (Lipinski definition) is 4. The van der Waals surface area contributed by atoms with Crippen LogP contribution in [0.25, 0.3) is 0 Å². The molecule has 0 fully saturated rings. The third-order valence-electron chi connectivity index (χ3n) is 2.23. The topological polar surface area (TPSA) is 59.2 Å². The molecule has 2 rings (SSSR count). The van der Waals surface area contributed by atoms with Crippen LogP contribution in [0.1, 0.15) is 24.2 Å². The lowest BCUT2D eigenvalue weighted by Crippen LogP contribution is -2.05. The fourth-order valence-electron chi connectivity index (χ4n) is 1.53. The second kappa shape index (κ2) is 5.05. The third-order valence-corrected chi connectivity index (χ3v) is 2.23. The van der Waals surface area contributed by atoms with Crippen LogP contribution in [0.4, 0.5) is 4.39 Å². The van der Waals surface area contributed by atoms with Crippen LogP contribution in [0.3, 0.4) is 0 Å². The van der Waals surface area contributed by atoms with E-state index in [4.69, 9.17) is 9.63 Å². The second-order valence-electron chi connectivity index (χ2n) is 3.96. The summed E-state index contributed by atoms with van der Waals surface area (Å²) >= 11 is 0. The summed E-state index contributed by atoms with van der Waals surface area (Å²) in [6.45, 7) is 1.66. The highest BCUT2D eigenvalue weighted by Crippen LogP contribution is 2.10. The van der Waals surface area contributed by atoms with Crippen molar-refractivity contribution in [2.45, 2.75) is 25.9 Å². The van der Waals surface area contributed by atoms with Gasteiger partial charge in [-0.2, -0.15) is 4.98 Å². The molecule has 0 aliphatic rings. The molecule has 0 aliphatic heterocycles. The molecular formula is C12H13FN2O2. The first kappa shape index (κ1) is 11.7. The van der Waals surface area contributed by atoms with Crippen molar-refractivity contribution in [1.29, 1.82) is 0 Å². The summed E-state index contributed by atoms with van der Waals surface area (Å²) in [5.41, 5.74) is 0.775. The normalized spacial score (nSPS) is 12.6. The van der Waals surface area contributed by atoms with Crippen molar-refractivity contribution in [2.75, 3.05) is 0 Å². The number of aliphatic hydroxyl groups is 1. The molecular weight excluding hydrogens is 223 g/mol. The Bertz CT molecular complexity index is 497. The number of halogens is 1. The Labute approximate surface area is 98.1 Å². The zero-order valence-electron chi connectivity index (χ0n) is 9.43. The Balaban J connectivity index is 2.06. The maximum Gasteiger partial charge on any atom is 0.231 e. The molecule has 4 nitrogen and oxygen atoms in total. The van der Waals surface area contributed by atoms with Gasteiger partial charge >= 0.3 is 0 Å². The monoisotopic (exact) mass is 236 g/mol. The first-order valence-electron chi connectivity index (χ1n) is 5.37. The minimum absolute atomic E-state index is 0.286. The van der Waals surface area contributed by atoms with Crippen LogP contribution in [0.5, 0.6) is 0 Å². The van der Waals surface area contributed by atoms with Gasteiger partial charge in [0.1, 0.15) is 5.82 Å². The van der Waals surface area contributed by atoms with E-state index in [-0.39, 0.29) is 5.82 Å². The van der Waals surface area contributed by atoms with Crippen molar-refractivity contribution in [3.63, 3.8) is 0 Å². The number of nitrogens with zero attached hydrogens (tertiary/aromatic N) is 2. The number of hydrogen-bond donors (Lipinski definition) is 1. The van der Waals surface area contributed by atoms with E-state index in [0.717, 1.165) is 5.56 Å². The fraction of sp³-hybridized carbons (Fsp3) is 0.333. The highest BCUT2D eigenvalue weighted by Gasteiger charge is 2.09. The van der Waals surface area contributed by atoms with Gasteiger partial charge < -0.3 is 9.63 Å². The third kappa shape index (κ3) is 3.35. The van der Waals surface area contributed by atoms with Gasteiger partial charge in [-0.25, -0.2) is 4.39 Å². The summed E-state index contributed by atoms with van der Waals surface area (Å²) in [5, 5.41) is 12.9. The van der Waals surface area contributed by atoms with Crippen LogP contribution in [0.2, 0.25) is 0 Å². The summed E-state index contributed by atoms with van der Waals surface area (Å²) < 4.78 is 18.0. The molecule has 5 heteroatoms. The molecule has 17 heavy (non-hydrogen) atoms. The summed E-state index contributed by atoms with van der Waals surface area (Å²) in [4.78, 5) is 4.12. The van der Waals surface area contributed by atoms with Crippen molar-refractivity contribution in [3.05, 3.63) is 47.4 Å². The van der Waals surface area contributed by atoms with E-state index in [1.54, 1.807) is 19.1 Å². The van der Waals surface area contributed by atoms with Gasteiger partial charge in [0.25, 0.3) is 0 Å². The second-order valence-corrected chi connectivity index (χ2v) is 3.96. The first-order chi connectivity index (χ1) is 8.13. The van der Waals surface area contributed by atoms with Gasteiger partial charge in [0.15, 0.2) is 5.82 Å². The van der Waals surface area contributed by atoms with E-state index in [0.29, 0.717) is 24.6 Å². The van der Waals surface area contributed by atoms with E-state index < -0.39 is 6.10 Å². The van der Waals surface area contributed by atoms with E-state index in [1.165, 1.54) is 12.1 Å². The molecule has 0 bridgehead atoms. The molecule has 1 atom stereocenters. The zero-order valence-corrected chi connectivity index (χ0v) is 9.43. The van der Waals surface area contributed by atoms with Crippen LogP contribution in [0, 0.1) is 5.82 Å². The number of benzene rings is 1. The Morgan fingerprint density at radius 2 is 2.29 bits per heavy atom. The quantitative estimate of drug-likeness (QED) is 0.878. The van der Waals surface area contributed by atoms with Gasteiger partial charge in [-0.1, -0.05) is 17.3 Å². The average molecular weight is 236 g/mol. The van der Waals surface area contributed by atoms with Crippen molar-refractivity contribution in [3.8, 4) is 0 Å². The molecule has 1 unspecified atom stereocenters. The lowest BCUT2D eigenvalue weighted by Gasteiger charge is -1.97. The Morgan fingerprint density at radius 3 is 3.00 bits per heavy atom. The zero-order chi connectivity index (χ0) is 12.3. The van der Waals surface area contributed by atoms with Crippen LogP contribution in [-0.4, -0.2) is 21.4 Å². The summed E-state index contributed by atoms with van der Waals surface area (Å²) in [5.74, 6) is 0.601. The molecule has 0 amide bonds. The average Bonchev–Trinajstić information content (AvgIpc) is 2.64. The molecule has 0 radical (unpaired) electrons. The van der Waals surface area contributed by atoms with Gasteiger partial charge in [-0.15, -0.1) is 0 Å². The minimum Gasteiger partial charge on any atom is -0.393 e. The molecule has 1 N–H and O–H groups in total. The largest absolute Gasteiger partial charge is 0.393 e. The van der Waals surface area contributed by atoms with E-state index in [9.17, 15) is 4.39 Å². The van der Waals surface area contributed by atoms with E-state index in [1.807, 2.05) is 0 Å². The predicted octanol–water partition coefficient (Wildman–Crippen LogP) is 1.72. The van der Waals surface area contributed by atoms with Crippen molar-refractivity contribution in [1.82, 2.24) is 10.1 Å². The lowest BCUT2D eigenvalue weighted by atomic mass is 10.1. The first-order valence-corrected chi connectivity index (χ1v) is 5.37. The van der Waals surface area contributed by atoms with Crippen molar-refractivity contribution in [2.24, 2.45) is 0 Å². The molecule has 1 aromatic carbocycles. The Hall–Kier alpha value is -1.75. The van der Waals surface area contributed by atoms with Gasteiger partial charge in [-0.05, 0) is 24.6 Å². The number of rotatable bonds is 4. The van der Waals surface area contributed by atoms with Crippen LogP contribution in [-0.2, 0) is 12.8 Å². The maximum absolute atomic E-state index is 12.9. The molecule has 1 heterocycles. The highest BCUT2D eigenvalue weighted by atomic mass is 19.1. The Kier molecular flexibility index (Phi) is 3.49. The van der Waals surface area contributed by atoms with Gasteiger partial charge in [0.2, 0.25) is 5.89 Å². The molecule has 0 aliphatic carbocycles. The van der Waals surface area contributed by atoms with Crippen LogP contribution >= 0.6 is 0 Å². The minimum atomic E-state index is -0.505. The summed E-state index contributed by atoms with van der Waals surface area (Å²) in [7, 11) is 0. The van der Waals surface area contributed by atoms with Crippen molar-refractivity contribution < 1.29 is 14.0 Å². The maximum atomic E-state index is 12.9.